The molecule has 3 saturated heterocycles. The molecule has 3 amide bonds. The summed E-state index contributed by atoms with van der Waals surface area (Å²) in [6, 6.07) is 7.31. The first-order valence-corrected chi connectivity index (χ1v) is 14.5. The van der Waals surface area contributed by atoms with Gasteiger partial charge < -0.3 is 0 Å². The molecule has 3 aliphatic rings. The van der Waals surface area contributed by atoms with Gasteiger partial charge in [0.25, 0.3) is 17.7 Å². The summed E-state index contributed by atoms with van der Waals surface area (Å²) in [6.07, 6.45) is 3.16. The molecule has 3 fully saturated rings. The van der Waals surface area contributed by atoms with Gasteiger partial charge in [0.2, 0.25) is 0 Å². The maximum atomic E-state index is 12.9. The minimum Gasteiger partial charge on any atom is -0.271 e. The third-order valence-electron chi connectivity index (χ3n) is 5.60. The largest absolute Gasteiger partial charge is 0.529 e. The van der Waals surface area contributed by atoms with Crippen LogP contribution in [0.25, 0.3) is 11.0 Å². The topological polar surface area (TPSA) is 101 Å². The SMILES string of the molecule is F[P-](F)(F)(F)(F)F.O=C1CCCN1[P+](On1nnc2ccccc21)(N1CCCC1=O)N1CCCC1=O. The summed E-state index contributed by atoms with van der Waals surface area (Å²) in [4.78, 5) is 40.0. The van der Waals surface area contributed by atoms with E-state index < -0.39 is 15.8 Å². The average molecular weight is 562 g/mol. The van der Waals surface area contributed by atoms with Crippen LogP contribution in [-0.4, -0.2) is 66.5 Å². The zero-order chi connectivity index (χ0) is 26.4. The van der Waals surface area contributed by atoms with E-state index in [0.717, 1.165) is 0 Å². The van der Waals surface area contributed by atoms with E-state index in [9.17, 15) is 39.6 Å². The molecule has 0 bridgehead atoms. The summed E-state index contributed by atoms with van der Waals surface area (Å²) in [5.74, 6) is -0.286. The van der Waals surface area contributed by atoms with Crippen molar-refractivity contribution in [3.63, 3.8) is 0 Å². The second-order valence-electron chi connectivity index (χ2n) is 8.37. The Hall–Kier alpha value is -2.73. The van der Waals surface area contributed by atoms with Gasteiger partial charge in [-0.2, -0.15) is 4.62 Å². The Kier molecular flexibility index (Phi) is 6.15. The van der Waals surface area contributed by atoms with E-state index in [0.29, 0.717) is 69.2 Å². The van der Waals surface area contributed by atoms with Crippen molar-refractivity contribution in [2.75, 3.05) is 19.6 Å². The smallest absolute Gasteiger partial charge is 0.271 e. The summed E-state index contributed by atoms with van der Waals surface area (Å²) in [6.45, 7) is 1.35. The van der Waals surface area contributed by atoms with Crippen molar-refractivity contribution in [2.45, 2.75) is 38.5 Å². The van der Waals surface area contributed by atoms with Gasteiger partial charge in [0, 0.05) is 19.3 Å². The first kappa shape index (κ1) is 26.3. The van der Waals surface area contributed by atoms with Crippen LogP contribution in [0.2, 0.25) is 0 Å². The van der Waals surface area contributed by atoms with Crippen LogP contribution in [0.5, 0.6) is 0 Å². The average Bonchev–Trinajstić information content (AvgIpc) is 3.54. The first-order valence-electron chi connectivity index (χ1n) is 10.9. The van der Waals surface area contributed by atoms with Gasteiger partial charge in [-0.25, -0.2) is 0 Å². The van der Waals surface area contributed by atoms with Gasteiger partial charge in [0.05, 0.1) is 19.6 Å². The van der Waals surface area contributed by atoms with Crippen molar-refractivity contribution in [1.82, 2.24) is 29.2 Å². The van der Waals surface area contributed by atoms with Gasteiger partial charge in [0.1, 0.15) is 11.0 Å². The summed E-state index contributed by atoms with van der Waals surface area (Å²) in [5, 5.41) is 8.26. The summed E-state index contributed by atoms with van der Waals surface area (Å²) >= 11 is 0. The number of hydrogen-bond donors (Lipinski definition) is 0. The molecule has 0 radical (unpaired) electrons. The number of rotatable bonds is 5. The van der Waals surface area contributed by atoms with E-state index in [1.54, 1.807) is 14.0 Å². The van der Waals surface area contributed by atoms with E-state index in [1.165, 1.54) is 4.85 Å². The molecule has 3 aliphatic heterocycles. The second-order valence-corrected chi connectivity index (χ2v) is 12.9. The minimum atomic E-state index is -10.7. The zero-order valence-electron chi connectivity index (χ0n) is 18.7. The Bertz CT molecular complexity index is 1130. The normalized spacial score (nSPS) is 21.1. The Balaban J connectivity index is 0.000000384. The molecule has 0 unspecified atom stereocenters. The Labute approximate surface area is 200 Å². The number of aromatic nitrogens is 3. The Morgan fingerprint density at radius 3 is 1.56 bits per heavy atom. The number of benzene rings is 1. The van der Waals surface area contributed by atoms with Crippen LogP contribution < -0.4 is 4.62 Å². The van der Waals surface area contributed by atoms with Crippen molar-refractivity contribution in [3.8, 4) is 0 Å². The summed E-state index contributed by atoms with van der Waals surface area (Å²) in [5.41, 5.74) is 1.26. The van der Waals surface area contributed by atoms with Crippen molar-refractivity contribution < 1.29 is 44.2 Å². The van der Waals surface area contributed by atoms with Crippen molar-refractivity contribution >= 4 is 44.5 Å². The predicted octanol–water partition coefficient (Wildman–Crippen LogP) is 4.79. The third kappa shape index (κ3) is 5.80. The maximum Gasteiger partial charge on any atom is 0.529 e. The molecule has 1 aromatic heterocycles. The fraction of sp³-hybridized carbons (Fsp3) is 0.500. The predicted molar refractivity (Wildman–Crippen MR) is 117 cm³/mol. The standard InChI is InChI=1S/C18H22N6O4P.F6P/c25-16-8-3-11-21(16)29(22-12-4-9-17(22)26,23-13-5-10-18(23)27)28-24-15-7-2-1-6-14(15)19-20-24;1-7(2,3,4,5)6/h1-2,6-7H,3-5,8-13H2;/q+1;-1. The summed E-state index contributed by atoms with van der Waals surface area (Å²) in [7, 11) is -13.9. The van der Waals surface area contributed by atoms with Gasteiger partial charge in [-0.15, -0.1) is 19.1 Å². The van der Waals surface area contributed by atoms with Crippen molar-refractivity contribution in [2.24, 2.45) is 0 Å². The van der Waals surface area contributed by atoms with E-state index in [4.69, 9.17) is 4.62 Å². The monoisotopic (exact) mass is 562 g/mol. The van der Waals surface area contributed by atoms with Crippen LogP contribution in [0, 0.1) is 0 Å². The molecule has 4 heterocycles. The molecule has 1 aromatic carbocycles. The van der Waals surface area contributed by atoms with E-state index >= 15 is 0 Å². The fourth-order valence-corrected chi connectivity index (χ4v) is 8.02. The van der Waals surface area contributed by atoms with Crippen LogP contribution in [0.3, 0.4) is 0 Å². The molecule has 18 heteroatoms. The third-order valence-corrected chi connectivity index (χ3v) is 9.13. The number of halogens is 6. The number of nitrogens with zero attached hydrogens (tertiary/aromatic N) is 6. The molecular formula is C18H22F6N6O4P2. The number of fused-ring (bicyclic) bond motifs is 1. The quantitative estimate of drug-likeness (QED) is 0.384. The van der Waals surface area contributed by atoms with E-state index in [-0.39, 0.29) is 17.7 Å². The number of amides is 3. The molecule has 0 saturated carbocycles. The van der Waals surface area contributed by atoms with Crippen LogP contribution >= 0.6 is 15.8 Å². The molecule has 200 valence electrons. The second kappa shape index (κ2) is 8.41. The number of carbonyl (C=O) groups is 3. The molecule has 5 rings (SSSR count). The van der Waals surface area contributed by atoms with E-state index in [1.807, 2.05) is 24.3 Å². The van der Waals surface area contributed by atoms with Gasteiger partial charge in [-0.05, 0) is 41.5 Å². The molecule has 0 spiro atoms. The minimum absolute atomic E-state index is 0.0952. The molecular weight excluding hydrogens is 540 g/mol. The van der Waals surface area contributed by atoms with Crippen molar-refractivity contribution in [3.05, 3.63) is 24.3 Å². The molecule has 0 atom stereocenters. The first-order chi connectivity index (χ1) is 16.6. The van der Waals surface area contributed by atoms with Gasteiger partial charge in [0.15, 0.2) is 0 Å². The number of hydrogen-bond acceptors (Lipinski definition) is 6. The summed E-state index contributed by atoms with van der Waals surface area (Å²) < 4.78 is 70.6. The zero-order valence-corrected chi connectivity index (χ0v) is 20.4. The molecule has 10 nitrogen and oxygen atoms in total. The van der Waals surface area contributed by atoms with Crippen LogP contribution in [-0.2, 0) is 14.4 Å². The van der Waals surface area contributed by atoms with Crippen LogP contribution in [0.1, 0.15) is 38.5 Å². The number of carbonyl (C=O) groups excluding carboxylic acids is 3. The van der Waals surface area contributed by atoms with Gasteiger partial charge >= 0.3 is 40.9 Å². The Morgan fingerprint density at radius 2 is 1.17 bits per heavy atom. The fourth-order valence-electron chi connectivity index (χ4n) is 4.26. The van der Waals surface area contributed by atoms with E-state index in [2.05, 4.69) is 10.3 Å². The van der Waals surface area contributed by atoms with Gasteiger partial charge in [-0.3, -0.25) is 14.4 Å². The number of para-hydroxylation sites is 1. The maximum absolute atomic E-state index is 12.9. The molecule has 0 N–H and O–H groups in total. The Morgan fingerprint density at radius 1 is 0.750 bits per heavy atom. The van der Waals surface area contributed by atoms with Gasteiger partial charge in [-0.1, -0.05) is 12.1 Å². The van der Waals surface area contributed by atoms with Crippen LogP contribution in [0.15, 0.2) is 24.3 Å². The molecule has 36 heavy (non-hydrogen) atoms. The van der Waals surface area contributed by atoms with Crippen molar-refractivity contribution in [1.29, 1.82) is 0 Å². The van der Waals surface area contributed by atoms with Crippen LogP contribution in [0.4, 0.5) is 25.2 Å². The molecule has 0 aliphatic carbocycles. The molecule has 2 aromatic rings.